The van der Waals surface area contributed by atoms with Crippen molar-refractivity contribution in [2.24, 2.45) is 10.1 Å². The van der Waals surface area contributed by atoms with Gasteiger partial charge in [-0.05, 0) is 128 Å². The Labute approximate surface area is 341 Å². The van der Waals surface area contributed by atoms with Crippen LogP contribution in [0, 0.1) is 0 Å². The molecule has 0 N–H and O–H groups in total. The van der Waals surface area contributed by atoms with E-state index in [9.17, 15) is 19.2 Å². The zero-order valence-electron chi connectivity index (χ0n) is 33.1. The maximum atomic E-state index is 12.9. The van der Waals surface area contributed by atoms with Gasteiger partial charge in [0.2, 0.25) is 5.78 Å². The molecule has 0 aliphatic carbocycles. The van der Waals surface area contributed by atoms with E-state index >= 15 is 0 Å². The summed E-state index contributed by atoms with van der Waals surface area (Å²) in [7, 11) is 1.52. The fourth-order valence-corrected chi connectivity index (χ4v) is 5.98. The largest absolute Gasteiger partial charge is 0.314 e. The molecule has 0 saturated heterocycles. The highest BCUT2D eigenvalue weighted by molar-refractivity contribution is 6.83. The third-order valence-corrected chi connectivity index (χ3v) is 9.14. The van der Waals surface area contributed by atoms with Gasteiger partial charge >= 0.3 is 5.91 Å². The minimum atomic E-state index is -0.965. The van der Waals surface area contributed by atoms with Crippen LogP contribution in [0.4, 0.5) is 0 Å². The van der Waals surface area contributed by atoms with Gasteiger partial charge in [0.05, 0.1) is 0 Å². The Balaban J connectivity index is 0.000000326. The molecule has 0 bridgehead atoms. The molecule has 0 aromatic heterocycles. The molecule has 0 aliphatic rings. The molecule has 0 spiro atoms. The SMILES string of the molecule is CCCC(C)=NCC.CCCC(C)=NN(C)C(=O)C(=O)c1cc(-c2ccc(Cl)cc2)ccc1CC.CCc1ccc(-c2ccc(Cl)cc2)cc1C(=O)C(=O)Cl. The number of benzene rings is 4. The third kappa shape index (κ3) is 15.0. The van der Waals surface area contributed by atoms with Crippen molar-refractivity contribution in [3.8, 4) is 22.3 Å². The highest BCUT2D eigenvalue weighted by Crippen LogP contribution is 2.27. The van der Waals surface area contributed by atoms with Crippen molar-refractivity contribution in [2.75, 3.05) is 13.6 Å². The first-order valence-corrected chi connectivity index (χ1v) is 19.7. The fraction of sp³-hybridized carbons (Fsp3) is 0.333. The van der Waals surface area contributed by atoms with E-state index in [1.54, 1.807) is 36.4 Å². The predicted octanol–water partition coefficient (Wildman–Crippen LogP) is 12.2. The van der Waals surface area contributed by atoms with Gasteiger partial charge in [-0.2, -0.15) is 5.10 Å². The Bertz CT molecular complexity index is 1970. The quantitative estimate of drug-likeness (QED) is 0.0417. The molecule has 7 nitrogen and oxygen atoms in total. The van der Waals surface area contributed by atoms with Gasteiger partial charge in [-0.3, -0.25) is 24.2 Å². The molecule has 55 heavy (non-hydrogen) atoms. The second kappa shape index (κ2) is 24.2. The molecule has 0 atom stereocenters. The smallest absolute Gasteiger partial charge is 0.295 e. The number of halogens is 3. The van der Waals surface area contributed by atoms with Gasteiger partial charge in [-0.15, -0.1) is 0 Å². The minimum absolute atomic E-state index is 0.361. The Kier molecular flexibility index (Phi) is 20.5. The van der Waals surface area contributed by atoms with Crippen molar-refractivity contribution >= 4 is 68.9 Å². The average Bonchev–Trinajstić information content (AvgIpc) is 3.17. The number of amides is 1. The Morgan fingerprint density at radius 2 is 0.982 bits per heavy atom. The predicted molar refractivity (Wildman–Crippen MR) is 231 cm³/mol. The van der Waals surface area contributed by atoms with Crippen LogP contribution < -0.4 is 0 Å². The van der Waals surface area contributed by atoms with Crippen molar-refractivity contribution < 1.29 is 19.2 Å². The maximum absolute atomic E-state index is 12.9. The van der Waals surface area contributed by atoms with E-state index in [0.717, 1.165) is 69.9 Å². The number of Topliss-reactive ketones (excluding diaryl/α,β-unsaturated/α-hetero) is 2. The van der Waals surface area contributed by atoms with Crippen molar-refractivity contribution in [3.05, 3.63) is 117 Å². The molecule has 0 radical (unpaired) electrons. The molecule has 292 valence electrons. The molecule has 0 heterocycles. The second-order valence-electron chi connectivity index (χ2n) is 12.8. The standard InChI is InChI=1S/C22H25ClN2O2.C16H12Cl2O2.C7H15N/c1-5-7-15(3)24-25(4)22(27)21(26)20-14-18(9-8-16(20)6-2)17-10-12-19(23)13-11-17;1-2-10-3-4-12(9-14(10)15(19)16(18)20)11-5-7-13(17)8-6-11;1-4-6-7(3)8-5-2/h8-14H,5-7H2,1-4H3;3-9H,2H2,1H3;4-6H2,1-3H3. The number of rotatable bonds is 14. The molecule has 0 unspecified atom stereocenters. The number of nitrogens with zero attached hydrogens (tertiary/aromatic N) is 3. The summed E-state index contributed by atoms with van der Waals surface area (Å²) in [6, 6.07) is 25.8. The van der Waals surface area contributed by atoms with E-state index in [0.29, 0.717) is 34.0 Å². The lowest BCUT2D eigenvalue weighted by Crippen LogP contribution is -2.30. The summed E-state index contributed by atoms with van der Waals surface area (Å²) in [4.78, 5) is 52.7. The number of carbonyl (C=O) groups excluding carboxylic acids is 4. The summed E-state index contributed by atoms with van der Waals surface area (Å²) in [5.74, 6) is -1.84. The van der Waals surface area contributed by atoms with Crippen LogP contribution in [0.5, 0.6) is 0 Å². The zero-order chi connectivity index (χ0) is 41.1. The molecule has 10 heteroatoms. The summed E-state index contributed by atoms with van der Waals surface area (Å²) < 4.78 is 0. The maximum Gasteiger partial charge on any atom is 0.314 e. The lowest BCUT2D eigenvalue weighted by Gasteiger charge is -2.14. The van der Waals surface area contributed by atoms with Crippen LogP contribution in [0.25, 0.3) is 22.3 Å². The van der Waals surface area contributed by atoms with Gasteiger partial charge < -0.3 is 0 Å². The van der Waals surface area contributed by atoms with E-state index in [2.05, 4.69) is 30.9 Å². The van der Waals surface area contributed by atoms with Gasteiger partial charge in [0.1, 0.15) is 0 Å². The average molecular weight is 805 g/mol. The van der Waals surface area contributed by atoms with Gasteiger partial charge in [0, 0.05) is 46.2 Å². The zero-order valence-corrected chi connectivity index (χ0v) is 35.4. The fourth-order valence-electron chi connectivity index (χ4n) is 5.63. The lowest BCUT2D eigenvalue weighted by molar-refractivity contribution is -0.125. The Morgan fingerprint density at radius 1 is 0.582 bits per heavy atom. The first kappa shape index (κ1) is 46.7. The highest BCUT2D eigenvalue weighted by atomic mass is 35.5. The van der Waals surface area contributed by atoms with Crippen LogP contribution in [0.3, 0.4) is 0 Å². The third-order valence-electron chi connectivity index (χ3n) is 8.46. The topological polar surface area (TPSA) is 96.2 Å². The van der Waals surface area contributed by atoms with Crippen LogP contribution in [0.15, 0.2) is 95.0 Å². The number of carbonyl (C=O) groups is 4. The van der Waals surface area contributed by atoms with Crippen molar-refractivity contribution in [3.63, 3.8) is 0 Å². The summed E-state index contributed by atoms with van der Waals surface area (Å²) in [5.41, 5.74) is 8.12. The molecule has 4 aromatic rings. The monoisotopic (exact) mass is 803 g/mol. The minimum Gasteiger partial charge on any atom is -0.295 e. The van der Waals surface area contributed by atoms with E-state index in [-0.39, 0.29) is 0 Å². The molecular formula is C45H52Cl3N3O4. The van der Waals surface area contributed by atoms with Gasteiger partial charge in [0.25, 0.3) is 11.0 Å². The Hall–Kier alpha value is -4.43. The number of hydrogen-bond acceptors (Lipinski definition) is 6. The number of hydrazone groups is 1. The number of likely N-dealkylation sites (N-methyl/N-ethyl adjacent to an activating group) is 1. The van der Waals surface area contributed by atoms with Crippen molar-refractivity contribution in [2.45, 2.75) is 87.0 Å². The van der Waals surface area contributed by atoms with E-state index in [4.69, 9.17) is 34.8 Å². The van der Waals surface area contributed by atoms with Crippen molar-refractivity contribution in [1.82, 2.24) is 5.01 Å². The highest BCUT2D eigenvalue weighted by Gasteiger charge is 2.23. The summed E-state index contributed by atoms with van der Waals surface area (Å²) in [6.45, 7) is 15.1. The Morgan fingerprint density at radius 3 is 1.36 bits per heavy atom. The van der Waals surface area contributed by atoms with E-state index in [1.165, 1.54) is 19.2 Å². The van der Waals surface area contributed by atoms with Crippen LogP contribution in [-0.2, 0) is 22.4 Å². The second-order valence-corrected chi connectivity index (χ2v) is 14.0. The van der Waals surface area contributed by atoms with Gasteiger partial charge in [-0.1, -0.05) is 112 Å². The first-order valence-electron chi connectivity index (χ1n) is 18.6. The van der Waals surface area contributed by atoms with Gasteiger partial charge in [0.15, 0.2) is 0 Å². The molecule has 0 fully saturated rings. The molecule has 1 amide bonds. The molecular weight excluding hydrogens is 753 g/mol. The van der Waals surface area contributed by atoms with Crippen LogP contribution in [0.1, 0.15) is 106 Å². The van der Waals surface area contributed by atoms with E-state index < -0.39 is 22.7 Å². The number of aryl methyl sites for hydroxylation is 2. The summed E-state index contributed by atoms with van der Waals surface area (Å²) in [5, 5.41) is 5.69. The molecule has 4 rings (SSSR count). The van der Waals surface area contributed by atoms with Crippen LogP contribution in [0.2, 0.25) is 10.0 Å². The molecule has 0 saturated carbocycles. The lowest BCUT2D eigenvalue weighted by atomic mass is 9.95. The van der Waals surface area contributed by atoms with E-state index in [1.807, 2.05) is 76.2 Å². The first-order chi connectivity index (χ1) is 26.2. The van der Waals surface area contributed by atoms with Crippen LogP contribution in [-0.4, -0.2) is 52.7 Å². The van der Waals surface area contributed by atoms with Crippen molar-refractivity contribution in [1.29, 1.82) is 0 Å². The molecule has 0 aliphatic heterocycles. The summed E-state index contributed by atoms with van der Waals surface area (Å²) >= 11 is 17.1. The number of ketones is 2. The normalized spacial score (nSPS) is 11.1. The number of aliphatic imine (C=N–C) groups is 1. The van der Waals surface area contributed by atoms with Gasteiger partial charge in [-0.25, -0.2) is 5.01 Å². The number of hydrogen-bond donors (Lipinski definition) is 0. The molecule has 4 aromatic carbocycles. The van der Waals surface area contributed by atoms with Crippen LogP contribution >= 0.6 is 34.8 Å². The summed E-state index contributed by atoms with van der Waals surface area (Å²) in [6.07, 6.45) is 5.43.